The van der Waals surface area contributed by atoms with Crippen molar-refractivity contribution in [2.45, 2.75) is 83.8 Å². The zero-order valence-corrected chi connectivity index (χ0v) is 18.7. The number of amides is 1. The molecule has 1 aromatic heterocycles. The maximum absolute atomic E-state index is 13.0. The van der Waals surface area contributed by atoms with Crippen LogP contribution in [0.25, 0.3) is 11.1 Å². The first-order chi connectivity index (χ1) is 14.5. The number of anilines is 1. The van der Waals surface area contributed by atoms with Gasteiger partial charge in [0.05, 0.1) is 0 Å². The molecule has 6 heteroatoms. The summed E-state index contributed by atoms with van der Waals surface area (Å²) in [5.74, 6) is 0.105. The molecule has 0 bridgehead atoms. The number of benzene rings is 1. The molecule has 3 atom stereocenters. The summed E-state index contributed by atoms with van der Waals surface area (Å²) in [4.78, 5) is 22.3. The third kappa shape index (κ3) is 4.64. The lowest BCUT2D eigenvalue weighted by Gasteiger charge is -2.39. The van der Waals surface area contributed by atoms with Gasteiger partial charge < -0.3 is 14.6 Å². The van der Waals surface area contributed by atoms with Gasteiger partial charge in [0.25, 0.3) is 6.01 Å². The Kier molecular flexibility index (Phi) is 6.61. The Morgan fingerprint density at radius 1 is 1.17 bits per heavy atom. The summed E-state index contributed by atoms with van der Waals surface area (Å²) >= 11 is 0. The number of oxazole rings is 1. The minimum atomic E-state index is -0.194. The summed E-state index contributed by atoms with van der Waals surface area (Å²) in [5, 5.41) is 3.19. The number of hydrogen-bond acceptors (Lipinski definition) is 5. The van der Waals surface area contributed by atoms with Crippen molar-refractivity contribution in [3.8, 4) is 0 Å². The highest BCUT2D eigenvalue weighted by Crippen LogP contribution is 2.28. The molecule has 1 amide bonds. The van der Waals surface area contributed by atoms with Gasteiger partial charge >= 0.3 is 0 Å². The number of rotatable bonds is 6. The lowest BCUT2D eigenvalue weighted by atomic mass is 9.97. The van der Waals surface area contributed by atoms with E-state index >= 15 is 0 Å². The van der Waals surface area contributed by atoms with Crippen LogP contribution >= 0.6 is 0 Å². The van der Waals surface area contributed by atoms with E-state index in [1.165, 1.54) is 19.3 Å². The largest absolute Gasteiger partial charge is 0.423 e. The van der Waals surface area contributed by atoms with Crippen LogP contribution in [0.4, 0.5) is 6.01 Å². The number of aromatic nitrogens is 1. The van der Waals surface area contributed by atoms with Gasteiger partial charge in [-0.05, 0) is 77.0 Å². The van der Waals surface area contributed by atoms with Crippen molar-refractivity contribution in [2.24, 2.45) is 0 Å². The minimum Gasteiger partial charge on any atom is -0.423 e. The number of fused-ring (bicyclic) bond motifs is 1. The third-order valence-electron chi connectivity index (χ3n) is 6.85. The van der Waals surface area contributed by atoms with Crippen LogP contribution in [0.5, 0.6) is 0 Å². The molecule has 4 rings (SSSR count). The Hall–Kier alpha value is -2.08. The van der Waals surface area contributed by atoms with E-state index in [0.29, 0.717) is 18.1 Å². The van der Waals surface area contributed by atoms with Crippen molar-refractivity contribution in [1.29, 1.82) is 0 Å². The lowest BCUT2D eigenvalue weighted by molar-refractivity contribution is -0.122. The zero-order valence-electron chi connectivity index (χ0n) is 18.7. The van der Waals surface area contributed by atoms with Crippen molar-refractivity contribution in [3.05, 3.63) is 23.8 Å². The number of aryl methyl sites for hydroxylation is 1. The molecule has 3 heterocycles. The molecule has 1 aromatic carbocycles. The van der Waals surface area contributed by atoms with Crippen molar-refractivity contribution in [2.75, 3.05) is 24.5 Å². The van der Waals surface area contributed by atoms with Crippen LogP contribution in [0.15, 0.2) is 22.6 Å². The molecule has 164 valence electrons. The van der Waals surface area contributed by atoms with Gasteiger partial charge in [0.2, 0.25) is 5.91 Å². The maximum Gasteiger partial charge on any atom is 0.299 e. The fourth-order valence-corrected chi connectivity index (χ4v) is 5.09. The van der Waals surface area contributed by atoms with Gasteiger partial charge in [-0.25, -0.2) is 0 Å². The topological polar surface area (TPSA) is 61.6 Å². The number of nitrogens with zero attached hydrogens (tertiary/aromatic N) is 3. The highest BCUT2D eigenvalue weighted by atomic mass is 16.4. The molecule has 2 fully saturated rings. The molecule has 1 N–H and O–H groups in total. The number of nitrogens with one attached hydrogen (secondary N) is 1. The Bertz CT molecular complexity index is 854. The fraction of sp³-hybridized carbons (Fsp3) is 0.667. The summed E-state index contributed by atoms with van der Waals surface area (Å²) in [5.41, 5.74) is 2.80. The molecular formula is C24H36N4O2. The highest BCUT2D eigenvalue weighted by Gasteiger charge is 2.32. The standard InChI is InChI=1S/C24H36N4O2/c1-17-11-12-22-20(16-17)26-24(30-22)28-14-5-4-10-21(28)23(29)25-13-7-15-27-18(2)8-6-9-19(27)3/h11-12,16,18-19,21H,4-10,13-15H2,1-3H3,(H,25,29)/t18-,19+,21-/m0/s1. The van der Waals surface area contributed by atoms with E-state index in [0.717, 1.165) is 62.0 Å². The second-order valence-corrected chi connectivity index (χ2v) is 9.18. The van der Waals surface area contributed by atoms with Crippen molar-refractivity contribution in [3.63, 3.8) is 0 Å². The van der Waals surface area contributed by atoms with E-state index in [4.69, 9.17) is 4.42 Å². The quantitative estimate of drug-likeness (QED) is 0.718. The fourth-order valence-electron chi connectivity index (χ4n) is 5.09. The van der Waals surface area contributed by atoms with Gasteiger partial charge in [-0.1, -0.05) is 12.5 Å². The van der Waals surface area contributed by atoms with Gasteiger partial charge in [0.1, 0.15) is 11.6 Å². The summed E-state index contributed by atoms with van der Waals surface area (Å²) in [6.07, 6.45) is 7.89. The monoisotopic (exact) mass is 412 g/mol. The Labute approximate surface area is 180 Å². The van der Waals surface area contributed by atoms with E-state index in [2.05, 4.69) is 40.9 Å². The highest BCUT2D eigenvalue weighted by molar-refractivity contribution is 5.85. The van der Waals surface area contributed by atoms with E-state index < -0.39 is 0 Å². The van der Waals surface area contributed by atoms with Crippen LogP contribution in [0.1, 0.15) is 64.4 Å². The molecular weight excluding hydrogens is 376 g/mol. The Morgan fingerprint density at radius 2 is 1.97 bits per heavy atom. The first-order valence-electron chi connectivity index (χ1n) is 11.7. The van der Waals surface area contributed by atoms with Crippen molar-refractivity contribution in [1.82, 2.24) is 15.2 Å². The number of carbonyl (C=O) groups excluding carboxylic acids is 1. The van der Waals surface area contributed by atoms with E-state index in [1.54, 1.807) is 0 Å². The molecule has 0 unspecified atom stereocenters. The van der Waals surface area contributed by atoms with Gasteiger partial charge in [-0.15, -0.1) is 0 Å². The van der Waals surface area contributed by atoms with Gasteiger partial charge in [-0.3, -0.25) is 9.69 Å². The number of piperidine rings is 2. The maximum atomic E-state index is 13.0. The molecule has 30 heavy (non-hydrogen) atoms. The second-order valence-electron chi connectivity index (χ2n) is 9.18. The molecule has 2 aromatic rings. The summed E-state index contributed by atoms with van der Waals surface area (Å²) in [6, 6.07) is 7.71. The smallest absolute Gasteiger partial charge is 0.299 e. The zero-order chi connectivity index (χ0) is 21.1. The molecule has 2 saturated heterocycles. The van der Waals surface area contributed by atoms with Crippen LogP contribution < -0.4 is 10.2 Å². The molecule has 0 aliphatic carbocycles. The van der Waals surface area contributed by atoms with Crippen LogP contribution in [0.3, 0.4) is 0 Å². The second kappa shape index (κ2) is 9.38. The SMILES string of the molecule is Cc1ccc2oc(N3CCCC[C@H]3C(=O)NCCCN3[C@H](C)CCC[C@@H]3C)nc2c1. The molecule has 6 nitrogen and oxygen atoms in total. The summed E-state index contributed by atoms with van der Waals surface area (Å²) < 4.78 is 6.00. The van der Waals surface area contributed by atoms with Gasteiger partial charge in [0.15, 0.2) is 5.58 Å². The lowest BCUT2D eigenvalue weighted by Crippen LogP contribution is -2.50. The van der Waals surface area contributed by atoms with Gasteiger partial charge in [0, 0.05) is 31.7 Å². The number of hydrogen-bond donors (Lipinski definition) is 1. The predicted octanol–water partition coefficient (Wildman–Crippen LogP) is 4.26. The molecule has 2 aliphatic rings. The van der Waals surface area contributed by atoms with Crippen molar-refractivity contribution < 1.29 is 9.21 Å². The molecule has 0 radical (unpaired) electrons. The number of likely N-dealkylation sites (tertiary alicyclic amines) is 1. The third-order valence-corrected chi connectivity index (χ3v) is 6.85. The minimum absolute atomic E-state index is 0.105. The normalized spacial score (nSPS) is 25.6. The van der Waals surface area contributed by atoms with Crippen LogP contribution in [-0.2, 0) is 4.79 Å². The molecule has 0 spiro atoms. The van der Waals surface area contributed by atoms with Crippen LogP contribution in [-0.4, -0.2) is 53.6 Å². The summed E-state index contributed by atoms with van der Waals surface area (Å²) in [6.45, 7) is 9.31. The molecule has 0 saturated carbocycles. The van der Waals surface area contributed by atoms with Gasteiger partial charge in [-0.2, -0.15) is 4.98 Å². The predicted molar refractivity (Wildman–Crippen MR) is 121 cm³/mol. The van der Waals surface area contributed by atoms with E-state index in [-0.39, 0.29) is 11.9 Å². The Morgan fingerprint density at radius 3 is 2.77 bits per heavy atom. The molecule has 2 aliphatic heterocycles. The average molecular weight is 413 g/mol. The van der Waals surface area contributed by atoms with Crippen LogP contribution in [0.2, 0.25) is 0 Å². The van der Waals surface area contributed by atoms with Crippen molar-refractivity contribution >= 4 is 23.0 Å². The summed E-state index contributed by atoms with van der Waals surface area (Å²) in [7, 11) is 0. The first kappa shape index (κ1) is 21.2. The van der Waals surface area contributed by atoms with E-state index in [1.807, 2.05) is 18.2 Å². The first-order valence-corrected chi connectivity index (χ1v) is 11.7. The van der Waals surface area contributed by atoms with Crippen LogP contribution in [0, 0.1) is 6.92 Å². The average Bonchev–Trinajstić information content (AvgIpc) is 3.15. The Balaban J connectivity index is 1.34. The number of carbonyl (C=O) groups is 1. The van der Waals surface area contributed by atoms with E-state index in [9.17, 15) is 4.79 Å².